The largest absolute Gasteiger partial charge is 0.323 e. The van der Waals surface area contributed by atoms with E-state index in [0.717, 1.165) is 41.9 Å². The van der Waals surface area contributed by atoms with E-state index in [4.69, 9.17) is 0 Å². The summed E-state index contributed by atoms with van der Waals surface area (Å²) >= 11 is 0. The van der Waals surface area contributed by atoms with E-state index in [2.05, 4.69) is 27.6 Å². The molecule has 134 valence electrons. The molecule has 3 rings (SSSR count). The number of hydrogen-bond acceptors (Lipinski definition) is 2. The molecule has 1 aromatic heterocycles. The van der Waals surface area contributed by atoms with Gasteiger partial charge in [-0.25, -0.2) is 4.39 Å². The van der Waals surface area contributed by atoms with E-state index in [1.807, 2.05) is 25.1 Å². The molecule has 2 aromatic carbocycles. The first kappa shape index (κ1) is 17.9. The molecule has 26 heavy (non-hydrogen) atoms. The van der Waals surface area contributed by atoms with Crippen LogP contribution in [0.2, 0.25) is 0 Å². The van der Waals surface area contributed by atoms with Gasteiger partial charge in [0.1, 0.15) is 5.82 Å². The molecule has 4 nitrogen and oxygen atoms in total. The second kappa shape index (κ2) is 8.43. The highest BCUT2D eigenvalue weighted by atomic mass is 19.1. The summed E-state index contributed by atoms with van der Waals surface area (Å²) in [5.74, 6) is -0.436. The lowest BCUT2D eigenvalue weighted by atomic mass is 10.1. The van der Waals surface area contributed by atoms with Gasteiger partial charge in [0.2, 0.25) is 5.91 Å². The number of aryl methyl sites for hydroxylation is 3. The fourth-order valence-corrected chi connectivity index (χ4v) is 2.89. The molecule has 0 radical (unpaired) electrons. The minimum absolute atomic E-state index is 0.131. The number of nitrogens with one attached hydrogen (secondary N) is 2. The van der Waals surface area contributed by atoms with E-state index >= 15 is 0 Å². The first-order chi connectivity index (χ1) is 12.7. The molecule has 0 saturated heterocycles. The number of anilines is 1. The lowest BCUT2D eigenvalue weighted by molar-refractivity contribution is -0.115. The monoisotopic (exact) mass is 351 g/mol. The quantitative estimate of drug-likeness (QED) is 0.674. The van der Waals surface area contributed by atoms with E-state index in [0.29, 0.717) is 0 Å². The Bertz CT molecular complexity index is 857. The van der Waals surface area contributed by atoms with Crippen molar-refractivity contribution in [2.45, 2.75) is 32.6 Å². The van der Waals surface area contributed by atoms with Crippen molar-refractivity contribution in [3.05, 3.63) is 82.9 Å². The van der Waals surface area contributed by atoms with Gasteiger partial charge in [0.05, 0.1) is 23.5 Å². The lowest BCUT2D eigenvalue weighted by Crippen LogP contribution is -2.16. The zero-order valence-electron chi connectivity index (χ0n) is 14.8. The molecule has 0 atom stereocenters. The van der Waals surface area contributed by atoms with Crippen LogP contribution in [0.5, 0.6) is 0 Å². The molecular formula is C21H22FN3O. The van der Waals surface area contributed by atoms with Crippen LogP contribution in [0.15, 0.2) is 54.6 Å². The summed E-state index contributed by atoms with van der Waals surface area (Å²) in [6.07, 6.45) is 2.57. The average molecular weight is 351 g/mol. The third-order valence-electron chi connectivity index (χ3n) is 4.30. The Balaban J connectivity index is 1.68. The van der Waals surface area contributed by atoms with Gasteiger partial charge in [-0.15, -0.1) is 0 Å². The van der Waals surface area contributed by atoms with E-state index in [1.54, 1.807) is 12.1 Å². The normalized spacial score (nSPS) is 10.7. The van der Waals surface area contributed by atoms with Gasteiger partial charge in [-0.2, -0.15) is 5.10 Å². The Morgan fingerprint density at radius 1 is 1.04 bits per heavy atom. The van der Waals surface area contributed by atoms with Crippen molar-refractivity contribution in [1.29, 1.82) is 0 Å². The van der Waals surface area contributed by atoms with Gasteiger partial charge < -0.3 is 5.32 Å². The minimum Gasteiger partial charge on any atom is -0.323 e. The molecule has 1 heterocycles. The summed E-state index contributed by atoms with van der Waals surface area (Å²) < 4.78 is 13.0. The standard InChI is InChI=1S/C21H22FN3O/c1-2-18-21(23-20(26)14-16-8-11-17(22)12-9-16)19(25-24-18)13-10-15-6-4-3-5-7-15/h3-9,11-12H,2,10,13-14H2,1H3,(H,23,26)(H,24,25). The van der Waals surface area contributed by atoms with Gasteiger partial charge in [-0.05, 0) is 42.5 Å². The Morgan fingerprint density at radius 3 is 2.46 bits per heavy atom. The maximum atomic E-state index is 13.0. The number of carbonyl (C=O) groups is 1. The first-order valence-corrected chi connectivity index (χ1v) is 8.80. The topological polar surface area (TPSA) is 57.8 Å². The zero-order valence-corrected chi connectivity index (χ0v) is 14.8. The number of amides is 1. The highest BCUT2D eigenvalue weighted by Gasteiger charge is 2.15. The van der Waals surface area contributed by atoms with Crippen LogP contribution in [-0.2, 0) is 30.5 Å². The molecular weight excluding hydrogens is 329 g/mol. The third kappa shape index (κ3) is 4.57. The number of carbonyl (C=O) groups excluding carboxylic acids is 1. The molecule has 0 saturated carbocycles. The number of H-pyrrole nitrogens is 1. The molecule has 0 unspecified atom stereocenters. The fraction of sp³-hybridized carbons (Fsp3) is 0.238. The van der Waals surface area contributed by atoms with Crippen LogP contribution in [0.25, 0.3) is 0 Å². The fourth-order valence-electron chi connectivity index (χ4n) is 2.89. The summed E-state index contributed by atoms with van der Waals surface area (Å²) in [7, 11) is 0. The SMILES string of the molecule is CCc1n[nH]c(CCc2ccccc2)c1NC(=O)Cc1ccc(F)cc1. The van der Waals surface area contributed by atoms with Crippen molar-refractivity contribution >= 4 is 11.6 Å². The molecule has 0 bridgehead atoms. The van der Waals surface area contributed by atoms with Gasteiger partial charge in [0, 0.05) is 0 Å². The van der Waals surface area contributed by atoms with Crippen molar-refractivity contribution in [3.63, 3.8) is 0 Å². The molecule has 0 aliphatic heterocycles. The van der Waals surface area contributed by atoms with E-state index in [9.17, 15) is 9.18 Å². The van der Waals surface area contributed by atoms with Crippen molar-refractivity contribution in [3.8, 4) is 0 Å². The third-order valence-corrected chi connectivity index (χ3v) is 4.30. The van der Waals surface area contributed by atoms with E-state index in [-0.39, 0.29) is 18.1 Å². The maximum Gasteiger partial charge on any atom is 0.228 e. The molecule has 0 spiro atoms. The number of halogens is 1. The zero-order chi connectivity index (χ0) is 18.4. The number of aromatic nitrogens is 2. The van der Waals surface area contributed by atoms with E-state index < -0.39 is 0 Å². The Labute approximate surface area is 152 Å². The molecule has 0 aliphatic carbocycles. The van der Waals surface area contributed by atoms with Crippen molar-refractivity contribution in [1.82, 2.24) is 10.2 Å². The van der Waals surface area contributed by atoms with Gasteiger partial charge >= 0.3 is 0 Å². The second-order valence-electron chi connectivity index (χ2n) is 6.21. The minimum atomic E-state index is -0.305. The van der Waals surface area contributed by atoms with E-state index in [1.165, 1.54) is 17.7 Å². The van der Waals surface area contributed by atoms with Gasteiger partial charge in [-0.1, -0.05) is 49.4 Å². The number of aromatic amines is 1. The molecule has 5 heteroatoms. The summed E-state index contributed by atoms with van der Waals surface area (Å²) in [5.41, 5.74) is 4.56. The first-order valence-electron chi connectivity index (χ1n) is 8.80. The average Bonchev–Trinajstić information content (AvgIpc) is 3.04. The Kier molecular flexibility index (Phi) is 5.79. The molecule has 2 N–H and O–H groups in total. The van der Waals surface area contributed by atoms with Crippen LogP contribution in [-0.4, -0.2) is 16.1 Å². The maximum absolute atomic E-state index is 13.0. The highest BCUT2D eigenvalue weighted by molar-refractivity contribution is 5.93. The van der Waals surface area contributed by atoms with Crippen LogP contribution < -0.4 is 5.32 Å². The number of nitrogens with zero attached hydrogens (tertiary/aromatic N) is 1. The lowest BCUT2D eigenvalue weighted by Gasteiger charge is -2.08. The second-order valence-corrected chi connectivity index (χ2v) is 6.21. The van der Waals surface area contributed by atoms with Crippen molar-refractivity contribution in [2.24, 2.45) is 0 Å². The number of rotatable bonds is 7. The van der Waals surface area contributed by atoms with Crippen molar-refractivity contribution < 1.29 is 9.18 Å². The number of hydrogen-bond donors (Lipinski definition) is 2. The van der Waals surface area contributed by atoms with Crippen LogP contribution in [0.1, 0.15) is 29.4 Å². The Hall–Kier alpha value is -2.95. The van der Waals surface area contributed by atoms with Crippen LogP contribution in [0.4, 0.5) is 10.1 Å². The summed E-state index contributed by atoms with van der Waals surface area (Å²) in [6.45, 7) is 2.01. The summed E-state index contributed by atoms with van der Waals surface area (Å²) in [5, 5.41) is 10.4. The Morgan fingerprint density at radius 2 is 1.77 bits per heavy atom. The highest BCUT2D eigenvalue weighted by Crippen LogP contribution is 2.21. The van der Waals surface area contributed by atoms with Crippen molar-refractivity contribution in [2.75, 3.05) is 5.32 Å². The van der Waals surface area contributed by atoms with Gasteiger partial charge in [-0.3, -0.25) is 9.89 Å². The summed E-state index contributed by atoms with van der Waals surface area (Å²) in [6, 6.07) is 16.2. The predicted molar refractivity (Wildman–Crippen MR) is 101 cm³/mol. The van der Waals surface area contributed by atoms with Crippen LogP contribution in [0.3, 0.4) is 0 Å². The van der Waals surface area contributed by atoms with Crippen LogP contribution >= 0.6 is 0 Å². The molecule has 1 amide bonds. The summed E-state index contributed by atoms with van der Waals surface area (Å²) in [4.78, 5) is 12.4. The van der Waals surface area contributed by atoms with Gasteiger partial charge in [0.15, 0.2) is 0 Å². The predicted octanol–water partition coefficient (Wildman–Crippen LogP) is 4.08. The van der Waals surface area contributed by atoms with Gasteiger partial charge in [0.25, 0.3) is 0 Å². The number of benzene rings is 2. The van der Waals surface area contributed by atoms with Crippen LogP contribution in [0, 0.1) is 5.82 Å². The smallest absolute Gasteiger partial charge is 0.228 e. The molecule has 0 fully saturated rings. The molecule has 0 aliphatic rings. The molecule has 3 aromatic rings.